The molecule has 0 atom stereocenters. The Hall–Kier alpha value is -2.22. The minimum atomic E-state index is -0.210. The highest BCUT2D eigenvalue weighted by Crippen LogP contribution is 2.68. The van der Waals surface area contributed by atoms with Crippen LogP contribution >= 0.6 is 11.3 Å². The van der Waals surface area contributed by atoms with Crippen LogP contribution in [0.15, 0.2) is 17.6 Å². The summed E-state index contributed by atoms with van der Waals surface area (Å²) >= 11 is 1.54. The fourth-order valence-corrected chi connectivity index (χ4v) is 5.77. The lowest BCUT2D eigenvalue weighted by Gasteiger charge is -2.31. The summed E-state index contributed by atoms with van der Waals surface area (Å²) < 4.78 is 1.74. The van der Waals surface area contributed by atoms with Crippen LogP contribution in [-0.2, 0) is 11.3 Å². The van der Waals surface area contributed by atoms with Gasteiger partial charge >= 0.3 is 0 Å². The number of hydrogen-bond acceptors (Lipinski definition) is 5. The molecule has 2 aromatic rings. The van der Waals surface area contributed by atoms with Crippen molar-refractivity contribution in [3.8, 4) is 0 Å². The van der Waals surface area contributed by atoms with Gasteiger partial charge in [0.1, 0.15) is 11.5 Å². The maximum atomic E-state index is 13.0. The Kier molecular flexibility index (Phi) is 5.24. The maximum absolute atomic E-state index is 13.0. The average molecular weight is 430 g/mol. The lowest BCUT2D eigenvalue weighted by Crippen LogP contribution is -2.39. The van der Waals surface area contributed by atoms with E-state index in [9.17, 15) is 9.59 Å². The van der Waals surface area contributed by atoms with E-state index in [1.165, 1.54) is 11.3 Å². The number of anilines is 1. The van der Waals surface area contributed by atoms with Crippen LogP contribution in [0.25, 0.3) is 0 Å². The number of likely N-dealkylation sites (tertiary alicyclic amines) is 1. The van der Waals surface area contributed by atoms with E-state index >= 15 is 0 Å². The molecule has 1 N–H and O–H groups in total. The highest BCUT2D eigenvalue weighted by atomic mass is 32.1. The number of nitrogens with zero attached hydrogens (tertiary/aromatic N) is 4. The van der Waals surface area contributed by atoms with Gasteiger partial charge in [-0.2, -0.15) is 5.10 Å². The van der Waals surface area contributed by atoms with E-state index in [1.807, 2.05) is 17.2 Å². The molecule has 162 valence electrons. The lowest BCUT2D eigenvalue weighted by atomic mass is 9.96. The monoisotopic (exact) mass is 429 g/mol. The van der Waals surface area contributed by atoms with Crippen molar-refractivity contribution in [1.29, 1.82) is 0 Å². The van der Waals surface area contributed by atoms with E-state index < -0.39 is 0 Å². The number of aromatic nitrogens is 3. The van der Waals surface area contributed by atoms with Crippen molar-refractivity contribution in [3.05, 3.63) is 28.3 Å². The van der Waals surface area contributed by atoms with Gasteiger partial charge < -0.3 is 10.2 Å². The fourth-order valence-electron chi connectivity index (χ4n) is 4.79. The van der Waals surface area contributed by atoms with E-state index in [0.29, 0.717) is 29.9 Å². The molecular formula is C22H31N5O2S. The standard InChI is InChI=1S/C22H31N5O2S/c1-6-27-16(7-10-23-27)25-18(28)15-13-30-19(24-15)14-8-11-26(12-9-14)20(29)17-21(2,3)22(17,4)5/h7,10,13-14,17H,6,8-9,11-12H2,1-5H3,(H,25,28). The topological polar surface area (TPSA) is 80.1 Å². The first kappa shape index (κ1) is 21.0. The summed E-state index contributed by atoms with van der Waals surface area (Å²) in [5.74, 6) is 1.19. The van der Waals surface area contributed by atoms with Crippen molar-refractivity contribution in [3.63, 3.8) is 0 Å². The second-order valence-electron chi connectivity index (χ2n) is 9.53. The van der Waals surface area contributed by atoms with Gasteiger partial charge in [0.2, 0.25) is 5.91 Å². The third kappa shape index (κ3) is 3.45. The molecule has 1 aliphatic heterocycles. The summed E-state index contributed by atoms with van der Waals surface area (Å²) in [7, 11) is 0. The largest absolute Gasteiger partial charge is 0.342 e. The molecule has 0 unspecified atom stereocenters. The fraction of sp³-hybridized carbons (Fsp3) is 0.636. The first-order valence-electron chi connectivity index (χ1n) is 10.7. The molecule has 1 aliphatic carbocycles. The van der Waals surface area contributed by atoms with Crippen LogP contribution in [0.1, 0.15) is 68.9 Å². The van der Waals surface area contributed by atoms with Crippen LogP contribution in [0.3, 0.4) is 0 Å². The number of nitrogens with one attached hydrogen (secondary N) is 1. The second kappa shape index (κ2) is 7.48. The smallest absolute Gasteiger partial charge is 0.276 e. The van der Waals surface area contributed by atoms with E-state index in [1.54, 1.807) is 16.9 Å². The van der Waals surface area contributed by atoms with Crippen LogP contribution < -0.4 is 5.32 Å². The Morgan fingerprint density at radius 2 is 1.87 bits per heavy atom. The normalized spacial score (nSPS) is 20.9. The van der Waals surface area contributed by atoms with Crippen molar-refractivity contribution in [2.24, 2.45) is 16.7 Å². The number of carbonyl (C=O) groups excluding carboxylic acids is 2. The second-order valence-corrected chi connectivity index (χ2v) is 10.4. The molecule has 7 nitrogen and oxygen atoms in total. The molecule has 2 aromatic heterocycles. The van der Waals surface area contributed by atoms with Gasteiger partial charge in [-0.05, 0) is 30.6 Å². The average Bonchev–Trinajstić information content (AvgIpc) is 3.20. The first-order chi connectivity index (χ1) is 14.2. The van der Waals surface area contributed by atoms with E-state index in [-0.39, 0.29) is 22.7 Å². The molecule has 0 bridgehead atoms. The van der Waals surface area contributed by atoms with Gasteiger partial charge in [-0.1, -0.05) is 27.7 Å². The zero-order valence-electron chi connectivity index (χ0n) is 18.4. The first-order valence-corrected chi connectivity index (χ1v) is 11.6. The van der Waals surface area contributed by atoms with Crippen molar-refractivity contribution < 1.29 is 9.59 Å². The number of amides is 2. The number of aryl methyl sites for hydroxylation is 1. The van der Waals surface area contributed by atoms with Crippen LogP contribution in [0.4, 0.5) is 5.82 Å². The number of piperidine rings is 1. The lowest BCUT2D eigenvalue weighted by molar-refractivity contribution is -0.134. The Labute approximate surface area is 181 Å². The summed E-state index contributed by atoms with van der Waals surface area (Å²) in [6.07, 6.45) is 3.47. The van der Waals surface area contributed by atoms with Crippen molar-refractivity contribution in [2.75, 3.05) is 18.4 Å². The van der Waals surface area contributed by atoms with Crippen molar-refractivity contribution in [1.82, 2.24) is 19.7 Å². The molecule has 1 saturated carbocycles. The Morgan fingerprint density at radius 3 is 2.47 bits per heavy atom. The van der Waals surface area contributed by atoms with Crippen LogP contribution in [0.5, 0.6) is 0 Å². The van der Waals surface area contributed by atoms with Gasteiger partial charge in [-0.25, -0.2) is 9.67 Å². The Morgan fingerprint density at radius 1 is 1.20 bits per heavy atom. The molecular weight excluding hydrogens is 398 g/mol. The third-order valence-corrected chi connectivity index (χ3v) is 8.44. The molecule has 30 heavy (non-hydrogen) atoms. The minimum Gasteiger partial charge on any atom is -0.342 e. The number of thiazole rings is 1. The summed E-state index contributed by atoms with van der Waals surface area (Å²) in [5.41, 5.74) is 0.593. The molecule has 4 rings (SSSR count). The maximum Gasteiger partial charge on any atom is 0.276 e. The summed E-state index contributed by atoms with van der Waals surface area (Å²) in [6.45, 7) is 13.0. The molecule has 8 heteroatoms. The van der Waals surface area contributed by atoms with Crippen LogP contribution in [-0.4, -0.2) is 44.6 Å². The van der Waals surface area contributed by atoms with Gasteiger partial charge in [-0.3, -0.25) is 9.59 Å². The summed E-state index contributed by atoms with van der Waals surface area (Å²) in [5, 5.41) is 9.86. The third-order valence-electron chi connectivity index (χ3n) is 7.44. The number of hydrogen-bond donors (Lipinski definition) is 1. The van der Waals surface area contributed by atoms with Crippen molar-refractivity contribution in [2.45, 2.75) is 59.9 Å². The van der Waals surface area contributed by atoms with Gasteiger partial charge in [0.05, 0.1) is 11.2 Å². The Balaban J connectivity index is 1.34. The van der Waals surface area contributed by atoms with Crippen LogP contribution in [0, 0.1) is 16.7 Å². The molecule has 0 aromatic carbocycles. The van der Waals surface area contributed by atoms with E-state index in [4.69, 9.17) is 0 Å². The van der Waals surface area contributed by atoms with Crippen molar-refractivity contribution >= 4 is 29.0 Å². The van der Waals surface area contributed by atoms with Gasteiger partial charge in [0.25, 0.3) is 5.91 Å². The Bertz CT molecular complexity index is 938. The molecule has 2 aliphatic rings. The van der Waals surface area contributed by atoms with Gasteiger partial charge in [-0.15, -0.1) is 11.3 Å². The van der Waals surface area contributed by atoms with Gasteiger partial charge in [0, 0.05) is 42.9 Å². The summed E-state index contributed by atoms with van der Waals surface area (Å²) in [6, 6.07) is 1.78. The zero-order chi connectivity index (χ0) is 21.7. The quantitative estimate of drug-likeness (QED) is 0.779. The number of carbonyl (C=O) groups is 2. The number of rotatable bonds is 5. The predicted molar refractivity (Wildman–Crippen MR) is 118 cm³/mol. The highest BCUT2D eigenvalue weighted by molar-refractivity contribution is 7.10. The molecule has 0 radical (unpaired) electrons. The predicted octanol–water partition coefficient (Wildman–Crippen LogP) is 4.00. The SMILES string of the molecule is CCn1nccc1NC(=O)c1csc(C2CCN(C(=O)C3C(C)(C)C3(C)C)CC2)n1. The summed E-state index contributed by atoms with van der Waals surface area (Å²) in [4.78, 5) is 32.2. The van der Waals surface area contributed by atoms with Gasteiger partial charge in [0.15, 0.2) is 0 Å². The highest BCUT2D eigenvalue weighted by Gasteiger charge is 2.68. The molecule has 3 heterocycles. The van der Waals surface area contributed by atoms with Crippen LogP contribution in [0.2, 0.25) is 0 Å². The zero-order valence-corrected chi connectivity index (χ0v) is 19.3. The van der Waals surface area contributed by atoms with E-state index in [2.05, 4.69) is 43.1 Å². The minimum absolute atomic E-state index is 0.0751. The van der Waals surface area contributed by atoms with E-state index in [0.717, 1.165) is 30.9 Å². The molecule has 2 fully saturated rings. The molecule has 1 saturated heterocycles. The molecule has 0 spiro atoms. The molecule has 2 amide bonds.